The Bertz CT molecular complexity index is 802. The monoisotopic (exact) mass is 358 g/mol. The van der Waals surface area contributed by atoms with Gasteiger partial charge in [-0.15, -0.1) is 0 Å². The van der Waals surface area contributed by atoms with Crippen LogP contribution in [0.2, 0.25) is 0 Å². The summed E-state index contributed by atoms with van der Waals surface area (Å²) in [6.07, 6.45) is 2.59. The maximum Gasteiger partial charge on any atom is 0.305 e. The summed E-state index contributed by atoms with van der Waals surface area (Å²) in [4.78, 5) is 23.7. The number of nitrogens with zero attached hydrogens (tertiary/aromatic N) is 1. The van der Waals surface area contributed by atoms with Crippen molar-refractivity contribution < 1.29 is 19.0 Å². The number of nitro benzene ring substituents is 1. The maximum atomic E-state index is 13.3. The lowest BCUT2D eigenvalue weighted by Gasteiger charge is -2.12. The Kier molecular flexibility index (Phi) is 5.58. The second-order valence-electron chi connectivity index (χ2n) is 6.56. The second-order valence-corrected chi connectivity index (χ2v) is 6.56. The molecule has 0 bridgehead atoms. The van der Waals surface area contributed by atoms with Crippen LogP contribution in [0.15, 0.2) is 42.5 Å². The van der Waals surface area contributed by atoms with Crippen LogP contribution < -0.4 is 10.2 Å². The van der Waals surface area contributed by atoms with Crippen molar-refractivity contribution in [2.75, 3.05) is 13.1 Å². The molecule has 0 radical (unpaired) electrons. The van der Waals surface area contributed by atoms with E-state index < -0.39 is 22.3 Å². The molecular weight excluding hydrogens is 337 g/mol. The van der Waals surface area contributed by atoms with Crippen LogP contribution in [0.4, 0.5) is 10.1 Å². The van der Waals surface area contributed by atoms with Gasteiger partial charge in [0.2, 0.25) is 5.82 Å². The van der Waals surface area contributed by atoms with Gasteiger partial charge < -0.3 is 10.2 Å². The van der Waals surface area contributed by atoms with E-state index in [0.29, 0.717) is 6.54 Å². The number of likely N-dealkylation sites (tertiary alicyclic amines) is 1. The third-order valence-corrected chi connectivity index (χ3v) is 4.65. The van der Waals surface area contributed by atoms with Gasteiger partial charge in [-0.3, -0.25) is 14.9 Å². The van der Waals surface area contributed by atoms with Crippen LogP contribution in [-0.4, -0.2) is 23.9 Å². The number of halogens is 1. The summed E-state index contributed by atoms with van der Waals surface area (Å²) >= 11 is 0. The Morgan fingerprint density at radius 3 is 2.42 bits per heavy atom. The van der Waals surface area contributed by atoms with Crippen molar-refractivity contribution in [1.82, 2.24) is 5.32 Å². The van der Waals surface area contributed by atoms with Gasteiger partial charge in [-0.25, -0.2) is 0 Å². The van der Waals surface area contributed by atoms with E-state index in [1.54, 1.807) is 4.90 Å². The SMILES string of the molecule is O=C(NCc1ccc(C[NH+]2CCCC2)cc1)c1ccc(F)c([N+](=O)[O-])c1. The highest BCUT2D eigenvalue weighted by Crippen LogP contribution is 2.18. The normalized spacial score (nSPS) is 14.3. The van der Waals surface area contributed by atoms with Gasteiger partial charge in [-0.1, -0.05) is 24.3 Å². The van der Waals surface area contributed by atoms with Crippen molar-refractivity contribution in [2.45, 2.75) is 25.9 Å². The molecule has 7 heteroatoms. The molecule has 1 aliphatic rings. The summed E-state index contributed by atoms with van der Waals surface area (Å²) in [5, 5.41) is 13.5. The Labute approximate surface area is 150 Å². The number of carbonyl (C=O) groups is 1. The molecule has 0 unspecified atom stereocenters. The lowest BCUT2D eigenvalue weighted by Crippen LogP contribution is -3.08. The largest absolute Gasteiger partial charge is 0.348 e. The summed E-state index contributed by atoms with van der Waals surface area (Å²) in [7, 11) is 0. The van der Waals surface area contributed by atoms with Crippen LogP contribution in [0.5, 0.6) is 0 Å². The quantitative estimate of drug-likeness (QED) is 0.611. The Hall–Kier alpha value is -2.80. The fourth-order valence-corrected chi connectivity index (χ4v) is 3.19. The van der Waals surface area contributed by atoms with E-state index in [1.165, 1.54) is 37.6 Å². The average molecular weight is 358 g/mol. The molecule has 1 aliphatic heterocycles. The average Bonchev–Trinajstić information content (AvgIpc) is 3.14. The molecule has 0 saturated carbocycles. The number of carbonyl (C=O) groups excluding carboxylic acids is 1. The van der Waals surface area contributed by atoms with Crippen LogP contribution in [-0.2, 0) is 13.1 Å². The van der Waals surface area contributed by atoms with Gasteiger partial charge in [0.25, 0.3) is 5.91 Å². The molecule has 3 rings (SSSR count). The predicted octanol–water partition coefficient (Wildman–Crippen LogP) is 1.84. The van der Waals surface area contributed by atoms with E-state index in [2.05, 4.69) is 17.4 Å². The molecule has 2 aromatic carbocycles. The van der Waals surface area contributed by atoms with E-state index in [-0.39, 0.29) is 5.56 Å². The zero-order chi connectivity index (χ0) is 18.5. The van der Waals surface area contributed by atoms with E-state index in [9.17, 15) is 19.3 Å². The molecule has 0 spiro atoms. The van der Waals surface area contributed by atoms with Crippen LogP contribution in [0.25, 0.3) is 0 Å². The Balaban J connectivity index is 1.57. The van der Waals surface area contributed by atoms with Crippen molar-refractivity contribution in [1.29, 1.82) is 0 Å². The molecule has 0 atom stereocenters. The highest BCUT2D eigenvalue weighted by Gasteiger charge is 2.18. The molecule has 1 saturated heterocycles. The van der Waals surface area contributed by atoms with Crippen LogP contribution in [0.1, 0.15) is 34.3 Å². The maximum absolute atomic E-state index is 13.3. The summed E-state index contributed by atoms with van der Waals surface area (Å²) in [6, 6.07) is 11.2. The van der Waals surface area contributed by atoms with E-state index >= 15 is 0 Å². The van der Waals surface area contributed by atoms with Gasteiger partial charge in [-0.05, 0) is 17.7 Å². The van der Waals surface area contributed by atoms with Crippen molar-refractivity contribution in [3.8, 4) is 0 Å². The minimum Gasteiger partial charge on any atom is -0.348 e. The molecule has 1 amide bonds. The number of nitrogens with one attached hydrogen (secondary N) is 2. The smallest absolute Gasteiger partial charge is 0.305 e. The van der Waals surface area contributed by atoms with Crippen LogP contribution in [0, 0.1) is 15.9 Å². The van der Waals surface area contributed by atoms with E-state index in [0.717, 1.165) is 24.2 Å². The molecule has 26 heavy (non-hydrogen) atoms. The van der Waals surface area contributed by atoms with Gasteiger partial charge in [0, 0.05) is 36.6 Å². The van der Waals surface area contributed by atoms with Crippen molar-refractivity contribution in [3.05, 3.63) is 75.1 Å². The number of hydrogen-bond donors (Lipinski definition) is 2. The van der Waals surface area contributed by atoms with Gasteiger partial charge in [0.1, 0.15) is 6.54 Å². The number of quaternary nitrogens is 1. The first-order valence-electron chi connectivity index (χ1n) is 8.66. The van der Waals surface area contributed by atoms with Crippen molar-refractivity contribution in [3.63, 3.8) is 0 Å². The number of nitro groups is 1. The van der Waals surface area contributed by atoms with Crippen molar-refractivity contribution in [2.24, 2.45) is 0 Å². The predicted molar refractivity (Wildman–Crippen MR) is 94.3 cm³/mol. The first kappa shape index (κ1) is 18.0. The number of hydrogen-bond acceptors (Lipinski definition) is 3. The minimum atomic E-state index is -0.956. The van der Waals surface area contributed by atoms with Gasteiger partial charge in [0.15, 0.2) is 0 Å². The number of rotatable bonds is 6. The van der Waals surface area contributed by atoms with Gasteiger partial charge in [0.05, 0.1) is 18.0 Å². The highest BCUT2D eigenvalue weighted by molar-refractivity contribution is 5.94. The highest BCUT2D eigenvalue weighted by atomic mass is 19.1. The number of benzene rings is 2. The van der Waals surface area contributed by atoms with Crippen LogP contribution >= 0.6 is 0 Å². The third-order valence-electron chi connectivity index (χ3n) is 4.65. The number of amides is 1. The van der Waals surface area contributed by atoms with Crippen molar-refractivity contribution >= 4 is 11.6 Å². The molecule has 2 aromatic rings. The van der Waals surface area contributed by atoms with Crippen LogP contribution in [0.3, 0.4) is 0 Å². The Morgan fingerprint density at radius 2 is 1.77 bits per heavy atom. The molecule has 2 N–H and O–H groups in total. The third kappa shape index (κ3) is 4.43. The molecule has 6 nitrogen and oxygen atoms in total. The Morgan fingerprint density at radius 1 is 1.12 bits per heavy atom. The fourth-order valence-electron chi connectivity index (χ4n) is 3.19. The molecule has 1 heterocycles. The first-order chi connectivity index (χ1) is 12.5. The summed E-state index contributed by atoms with van der Waals surface area (Å²) < 4.78 is 13.3. The summed E-state index contributed by atoms with van der Waals surface area (Å²) in [5.74, 6) is -1.43. The molecular formula is C19H21FN3O3+. The molecule has 1 fully saturated rings. The van der Waals surface area contributed by atoms with E-state index in [4.69, 9.17) is 0 Å². The molecule has 0 aromatic heterocycles. The lowest BCUT2D eigenvalue weighted by molar-refractivity contribution is -0.901. The molecule has 136 valence electrons. The van der Waals surface area contributed by atoms with Gasteiger partial charge >= 0.3 is 5.69 Å². The summed E-state index contributed by atoms with van der Waals surface area (Å²) in [5.41, 5.74) is 1.57. The standard InChI is InChI=1S/C19H20FN3O3/c20-17-8-7-16(11-18(17)23(25)26)19(24)21-12-14-3-5-15(6-4-14)13-22-9-1-2-10-22/h3-8,11H,1-2,9-10,12-13H2,(H,21,24)/p+1. The van der Waals surface area contributed by atoms with E-state index in [1.807, 2.05) is 12.1 Å². The lowest BCUT2D eigenvalue weighted by atomic mass is 10.1. The summed E-state index contributed by atoms with van der Waals surface area (Å²) in [6.45, 7) is 3.77. The zero-order valence-electron chi connectivity index (χ0n) is 14.3. The topological polar surface area (TPSA) is 76.7 Å². The second kappa shape index (κ2) is 8.05. The first-order valence-corrected chi connectivity index (χ1v) is 8.66. The van der Waals surface area contributed by atoms with Gasteiger partial charge in [-0.2, -0.15) is 4.39 Å². The minimum absolute atomic E-state index is 0.0624. The fraction of sp³-hybridized carbons (Fsp3) is 0.316. The zero-order valence-corrected chi connectivity index (χ0v) is 14.3. The molecule has 0 aliphatic carbocycles.